The molecule has 0 radical (unpaired) electrons. The predicted octanol–water partition coefficient (Wildman–Crippen LogP) is 4.44. The molecule has 3 heterocycles. The number of furan rings is 2. The molecule has 1 amide bonds. The standard InChI is InChI=1S/C22H19NO5/c1-14-7-8-18-19(24)11-20(28-21(18)15(14)2)22(25)23(12-16-5-3-9-26-16)13-17-6-4-10-27-17/h3-11H,12-13H2,1-2H3. The number of nitrogens with zero attached hydrogens (tertiary/aromatic N) is 1. The van der Waals surface area contributed by atoms with E-state index in [9.17, 15) is 9.59 Å². The molecular weight excluding hydrogens is 358 g/mol. The maximum absolute atomic E-state index is 13.2. The molecule has 4 rings (SSSR count). The van der Waals surface area contributed by atoms with Gasteiger partial charge in [0.1, 0.15) is 17.1 Å². The molecule has 0 fully saturated rings. The summed E-state index contributed by atoms with van der Waals surface area (Å²) in [6.45, 7) is 4.25. The molecule has 0 N–H and O–H groups in total. The first kappa shape index (κ1) is 17.9. The van der Waals surface area contributed by atoms with Crippen LogP contribution in [0.15, 0.2) is 73.0 Å². The summed E-state index contributed by atoms with van der Waals surface area (Å²) in [7, 11) is 0. The molecule has 0 aliphatic carbocycles. The predicted molar refractivity (Wildman–Crippen MR) is 103 cm³/mol. The van der Waals surface area contributed by atoms with Crippen LogP contribution in [0.3, 0.4) is 0 Å². The number of benzene rings is 1. The van der Waals surface area contributed by atoms with Gasteiger partial charge in [0.25, 0.3) is 5.91 Å². The van der Waals surface area contributed by atoms with Gasteiger partial charge in [0.15, 0.2) is 11.2 Å². The van der Waals surface area contributed by atoms with E-state index in [1.807, 2.05) is 19.9 Å². The van der Waals surface area contributed by atoms with Crippen LogP contribution in [-0.4, -0.2) is 10.8 Å². The van der Waals surface area contributed by atoms with E-state index >= 15 is 0 Å². The summed E-state index contributed by atoms with van der Waals surface area (Å²) in [5, 5.41) is 0.461. The first-order chi connectivity index (χ1) is 13.5. The zero-order valence-corrected chi connectivity index (χ0v) is 15.6. The highest BCUT2D eigenvalue weighted by molar-refractivity contribution is 5.93. The lowest BCUT2D eigenvalue weighted by Crippen LogP contribution is -2.30. The van der Waals surface area contributed by atoms with Crippen LogP contribution in [0.2, 0.25) is 0 Å². The number of fused-ring (bicyclic) bond motifs is 1. The van der Waals surface area contributed by atoms with Crippen LogP contribution < -0.4 is 5.43 Å². The van der Waals surface area contributed by atoms with Crippen molar-refractivity contribution in [3.8, 4) is 0 Å². The third-order valence-electron chi connectivity index (χ3n) is 4.77. The molecule has 3 aromatic heterocycles. The first-order valence-corrected chi connectivity index (χ1v) is 8.91. The summed E-state index contributed by atoms with van der Waals surface area (Å²) < 4.78 is 16.6. The van der Waals surface area contributed by atoms with Crippen molar-refractivity contribution in [3.63, 3.8) is 0 Å². The van der Waals surface area contributed by atoms with Crippen molar-refractivity contribution in [3.05, 3.63) is 93.6 Å². The summed E-state index contributed by atoms with van der Waals surface area (Å²) in [6, 6.07) is 11.9. The largest absolute Gasteiger partial charge is 0.467 e. The topological polar surface area (TPSA) is 76.8 Å². The van der Waals surface area contributed by atoms with E-state index in [4.69, 9.17) is 13.3 Å². The van der Waals surface area contributed by atoms with Gasteiger partial charge >= 0.3 is 0 Å². The fourth-order valence-electron chi connectivity index (χ4n) is 3.09. The summed E-state index contributed by atoms with van der Waals surface area (Å²) >= 11 is 0. The van der Waals surface area contributed by atoms with Crippen molar-refractivity contribution in [2.24, 2.45) is 0 Å². The van der Waals surface area contributed by atoms with Crippen molar-refractivity contribution in [2.45, 2.75) is 26.9 Å². The number of hydrogen-bond acceptors (Lipinski definition) is 5. The highest BCUT2D eigenvalue weighted by Gasteiger charge is 2.23. The van der Waals surface area contributed by atoms with Crippen molar-refractivity contribution in [1.82, 2.24) is 4.90 Å². The molecule has 0 saturated heterocycles. The van der Waals surface area contributed by atoms with Crippen LogP contribution in [0, 0.1) is 13.8 Å². The quantitative estimate of drug-likeness (QED) is 0.514. The Morgan fingerprint density at radius 3 is 2.18 bits per heavy atom. The van der Waals surface area contributed by atoms with Crippen molar-refractivity contribution >= 4 is 16.9 Å². The molecule has 0 spiro atoms. The Labute approximate surface area is 161 Å². The number of rotatable bonds is 5. The van der Waals surface area contributed by atoms with Gasteiger partial charge in [0.2, 0.25) is 0 Å². The molecule has 4 aromatic rings. The van der Waals surface area contributed by atoms with Gasteiger partial charge in [-0.1, -0.05) is 6.07 Å². The van der Waals surface area contributed by atoms with Crippen LogP contribution in [0.4, 0.5) is 0 Å². The minimum absolute atomic E-state index is 0.00990. The van der Waals surface area contributed by atoms with E-state index in [1.54, 1.807) is 42.9 Å². The smallest absolute Gasteiger partial charge is 0.290 e. The van der Waals surface area contributed by atoms with Crippen LogP contribution in [0.5, 0.6) is 0 Å². The zero-order valence-electron chi connectivity index (χ0n) is 15.6. The van der Waals surface area contributed by atoms with Gasteiger partial charge in [-0.15, -0.1) is 0 Å². The molecule has 28 heavy (non-hydrogen) atoms. The lowest BCUT2D eigenvalue weighted by molar-refractivity contribution is 0.0673. The van der Waals surface area contributed by atoms with Crippen molar-refractivity contribution in [2.75, 3.05) is 0 Å². The Hall–Kier alpha value is -3.54. The molecule has 6 nitrogen and oxygen atoms in total. The molecule has 0 bridgehead atoms. The van der Waals surface area contributed by atoms with Gasteiger partial charge in [0, 0.05) is 6.07 Å². The van der Waals surface area contributed by atoms with Gasteiger partial charge in [-0.3, -0.25) is 9.59 Å². The number of aryl methyl sites for hydroxylation is 2. The highest BCUT2D eigenvalue weighted by Crippen LogP contribution is 2.22. The number of amides is 1. The normalized spacial score (nSPS) is 11.1. The highest BCUT2D eigenvalue weighted by atomic mass is 16.4. The van der Waals surface area contributed by atoms with Gasteiger partial charge < -0.3 is 18.2 Å². The summed E-state index contributed by atoms with van der Waals surface area (Å²) in [5.74, 6) is 0.821. The second-order valence-electron chi connectivity index (χ2n) is 6.68. The lowest BCUT2D eigenvalue weighted by atomic mass is 10.1. The van der Waals surface area contributed by atoms with Crippen LogP contribution in [-0.2, 0) is 13.1 Å². The number of carbonyl (C=O) groups is 1. The average Bonchev–Trinajstić information content (AvgIpc) is 3.38. The SMILES string of the molecule is Cc1ccc2c(=O)cc(C(=O)N(Cc3ccco3)Cc3ccco3)oc2c1C. The summed E-state index contributed by atoms with van der Waals surface area (Å²) in [6.07, 6.45) is 3.10. The fourth-order valence-corrected chi connectivity index (χ4v) is 3.09. The molecule has 0 saturated carbocycles. The van der Waals surface area contributed by atoms with Crippen molar-refractivity contribution in [1.29, 1.82) is 0 Å². The van der Waals surface area contributed by atoms with E-state index in [-0.39, 0.29) is 24.3 Å². The molecule has 0 atom stereocenters. The van der Waals surface area contributed by atoms with E-state index < -0.39 is 5.91 Å². The zero-order chi connectivity index (χ0) is 19.7. The van der Waals surface area contributed by atoms with E-state index in [2.05, 4.69) is 0 Å². The number of hydrogen-bond donors (Lipinski definition) is 0. The van der Waals surface area contributed by atoms with Gasteiger partial charge in [-0.05, 0) is 55.3 Å². The van der Waals surface area contributed by atoms with Gasteiger partial charge in [-0.25, -0.2) is 0 Å². The molecule has 0 aliphatic rings. The average molecular weight is 377 g/mol. The minimum atomic E-state index is -0.410. The van der Waals surface area contributed by atoms with Crippen LogP contribution >= 0.6 is 0 Å². The lowest BCUT2D eigenvalue weighted by Gasteiger charge is -2.20. The van der Waals surface area contributed by atoms with E-state index in [0.717, 1.165) is 11.1 Å². The molecular formula is C22H19NO5. The second kappa shape index (κ2) is 7.23. The monoisotopic (exact) mass is 377 g/mol. The summed E-state index contributed by atoms with van der Waals surface area (Å²) in [4.78, 5) is 27.3. The Bertz CT molecular complexity index is 1130. The Morgan fingerprint density at radius 1 is 0.964 bits per heavy atom. The summed E-state index contributed by atoms with van der Waals surface area (Å²) in [5.41, 5.74) is 2.02. The Morgan fingerprint density at radius 2 is 1.61 bits per heavy atom. The minimum Gasteiger partial charge on any atom is -0.467 e. The van der Waals surface area contributed by atoms with E-state index in [1.165, 1.54) is 11.0 Å². The third kappa shape index (κ3) is 3.36. The molecule has 142 valence electrons. The maximum Gasteiger partial charge on any atom is 0.290 e. The molecule has 1 aromatic carbocycles. The molecule has 0 unspecified atom stereocenters. The van der Waals surface area contributed by atoms with Gasteiger partial charge in [-0.2, -0.15) is 0 Å². The Kier molecular flexibility index (Phi) is 4.61. The fraction of sp³-hybridized carbons (Fsp3) is 0.182. The Balaban J connectivity index is 1.75. The first-order valence-electron chi connectivity index (χ1n) is 8.91. The van der Waals surface area contributed by atoms with E-state index in [0.29, 0.717) is 22.5 Å². The number of carbonyl (C=O) groups excluding carboxylic acids is 1. The third-order valence-corrected chi connectivity index (χ3v) is 4.77. The molecule has 0 aliphatic heterocycles. The maximum atomic E-state index is 13.2. The van der Waals surface area contributed by atoms with Crippen molar-refractivity contribution < 1.29 is 18.0 Å². The van der Waals surface area contributed by atoms with Gasteiger partial charge in [0.05, 0.1) is 31.0 Å². The van der Waals surface area contributed by atoms with Crippen LogP contribution in [0.1, 0.15) is 33.2 Å². The van der Waals surface area contributed by atoms with Crippen LogP contribution in [0.25, 0.3) is 11.0 Å². The molecule has 6 heteroatoms. The second-order valence-corrected chi connectivity index (χ2v) is 6.68.